The number of ether oxygens (including phenoxy) is 1. The van der Waals surface area contributed by atoms with Crippen LogP contribution in [0.25, 0.3) is 0 Å². The Hall–Kier alpha value is -0.660. The van der Waals surface area contributed by atoms with Crippen LogP contribution >= 0.6 is 0 Å². The monoisotopic (exact) mass is 194 g/mol. The number of hydrogen-bond acceptors (Lipinski definition) is 5. The molecule has 0 aromatic rings. The fourth-order valence-corrected chi connectivity index (χ4v) is 2.57. The number of carbonyl (C=O) groups is 1. The summed E-state index contributed by atoms with van der Waals surface area (Å²) in [5.41, 5.74) is 5.39. The molecule has 6 nitrogen and oxygen atoms in total. The van der Waals surface area contributed by atoms with E-state index in [0.717, 1.165) is 7.11 Å². The molecule has 0 saturated carbocycles. The lowest BCUT2D eigenvalue weighted by Crippen LogP contribution is -2.41. The zero-order valence-electron chi connectivity index (χ0n) is 6.48. The van der Waals surface area contributed by atoms with E-state index in [1.807, 2.05) is 0 Å². The smallest absolute Gasteiger partial charge is 0.327 e. The summed E-state index contributed by atoms with van der Waals surface area (Å²) in [6.45, 7) is 0.0854. The van der Waals surface area contributed by atoms with Crippen molar-refractivity contribution in [2.75, 3.05) is 13.7 Å². The van der Waals surface area contributed by atoms with Gasteiger partial charge in [0.15, 0.2) is 5.25 Å². The summed E-state index contributed by atoms with van der Waals surface area (Å²) in [5.74, 6) is -0.812. The van der Waals surface area contributed by atoms with Gasteiger partial charge in [-0.3, -0.25) is 4.79 Å². The molecule has 12 heavy (non-hydrogen) atoms. The van der Waals surface area contributed by atoms with Crippen molar-refractivity contribution in [3.63, 3.8) is 0 Å². The van der Waals surface area contributed by atoms with E-state index < -0.39 is 27.3 Å². The largest absolute Gasteiger partial charge is 0.468 e. The number of carbonyl (C=O) groups excluding carboxylic acids is 1. The van der Waals surface area contributed by atoms with Gasteiger partial charge in [0, 0.05) is 12.6 Å². The highest BCUT2D eigenvalue weighted by Crippen LogP contribution is 2.11. The van der Waals surface area contributed by atoms with Crippen molar-refractivity contribution in [3.05, 3.63) is 0 Å². The number of nitrogens with two attached hydrogens (primary N) is 1. The van der Waals surface area contributed by atoms with Gasteiger partial charge in [0.05, 0.1) is 7.11 Å². The zero-order valence-corrected chi connectivity index (χ0v) is 7.30. The molecular weight excluding hydrogens is 184 g/mol. The maximum atomic E-state index is 11.1. The number of hydrogen-bond donors (Lipinski definition) is 2. The topological polar surface area (TPSA) is 98.5 Å². The van der Waals surface area contributed by atoms with Crippen LogP contribution in [0.2, 0.25) is 0 Å². The third-order valence-corrected chi connectivity index (χ3v) is 3.46. The van der Waals surface area contributed by atoms with E-state index in [2.05, 4.69) is 9.46 Å². The predicted octanol–water partition coefficient (Wildman–Crippen LogP) is -2.21. The van der Waals surface area contributed by atoms with Crippen molar-refractivity contribution in [2.24, 2.45) is 5.73 Å². The van der Waals surface area contributed by atoms with Crippen molar-refractivity contribution >= 4 is 16.0 Å². The summed E-state index contributed by atoms with van der Waals surface area (Å²) >= 11 is 0. The van der Waals surface area contributed by atoms with Crippen LogP contribution in [0, 0.1) is 0 Å². The van der Waals surface area contributed by atoms with Crippen LogP contribution in [0.15, 0.2) is 0 Å². The van der Waals surface area contributed by atoms with Crippen LogP contribution in [-0.4, -0.2) is 39.3 Å². The highest BCUT2D eigenvalue weighted by molar-refractivity contribution is 7.91. The van der Waals surface area contributed by atoms with Crippen LogP contribution < -0.4 is 10.5 Å². The standard InChI is InChI=1S/C5H10N2O4S/c1-11-5(8)4-3(6)2-7-12(4,9)10/h3-4,7H,2,6H2,1H3. The lowest BCUT2D eigenvalue weighted by Gasteiger charge is -2.09. The molecule has 2 unspecified atom stereocenters. The number of esters is 1. The van der Waals surface area contributed by atoms with E-state index in [1.54, 1.807) is 0 Å². The van der Waals surface area contributed by atoms with E-state index in [9.17, 15) is 13.2 Å². The molecule has 70 valence electrons. The quantitative estimate of drug-likeness (QED) is 0.461. The van der Waals surface area contributed by atoms with E-state index in [0.29, 0.717) is 0 Å². The van der Waals surface area contributed by atoms with Gasteiger partial charge in [0.2, 0.25) is 10.0 Å². The van der Waals surface area contributed by atoms with Crippen molar-refractivity contribution < 1.29 is 17.9 Å². The molecule has 0 amide bonds. The first-order chi connectivity index (χ1) is 5.49. The average molecular weight is 194 g/mol. The van der Waals surface area contributed by atoms with Gasteiger partial charge in [-0.1, -0.05) is 0 Å². The van der Waals surface area contributed by atoms with Crippen LogP contribution in [0.4, 0.5) is 0 Å². The molecule has 1 aliphatic heterocycles. The zero-order chi connectivity index (χ0) is 9.35. The number of sulfonamides is 1. The summed E-state index contributed by atoms with van der Waals surface area (Å²) in [4.78, 5) is 10.9. The molecule has 0 aliphatic carbocycles. The molecule has 1 saturated heterocycles. The van der Waals surface area contributed by atoms with Gasteiger partial charge in [0.25, 0.3) is 0 Å². The van der Waals surface area contributed by atoms with E-state index in [1.165, 1.54) is 0 Å². The molecule has 3 N–H and O–H groups in total. The Morgan fingerprint density at radius 1 is 1.67 bits per heavy atom. The van der Waals surface area contributed by atoms with E-state index >= 15 is 0 Å². The maximum absolute atomic E-state index is 11.1. The number of methoxy groups -OCH3 is 1. The van der Waals surface area contributed by atoms with Crippen LogP contribution in [0.1, 0.15) is 0 Å². The maximum Gasteiger partial charge on any atom is 0.327 e. The average Bonchev–Trinajstić information content (AvgIpc) is 2.25. The molecule has 1 fully saturated rings. The van der Waals surface area contributed by atoms with Crippen LogP contribution in [0.3, 0.4) is 0 Å². The normalized spacial score (nSPS) is 33.2. The summed E-state index contributed by atoms with van der Waals surface area (Å²) in [7, 11) is -2.47. The summed E-state index contributed by atoms with van der Waals surface area (Å²) in [5, 5.41) is -1.26. The minimum absolute atomic E-state index is 0.0854. The Bertz CT molecular complexity index is 286. The molecular formula is C5H10N2O4S. The molecule has 0 spiro atoms. The lowest BCUT2D eigenvalue weighted by atomic mass is 10.2. The highest BCUT2D eigenvalue weighted by atomic mass is 32.2. The van der Waals surface area contributed by atoms with Crippen molar-refractivity contribution in [1.29, 1.82) is 0 Å². The number of rotatable bonds is 1. The molecule has 0 aromatic carbocycles. The van der Waals surface area contributed by atoms with Gasteiger partial charge in [-0.05, 0) is 0 Å². The Morgan fingerprint density at radius 3 is 2.58 bits per heavy atom. The Balaban J connectivity index is 2.93. The molecule has 2 atom stereocenters. The van der Waals surface area contributed by atoms with Gasteiger partial charge < -0.3 is 10.5 Å². The first-order valence-electron chi connectivity index (χ1n) is 3.31. The molecule has 1 heterocycles. The third-order valence-electron chi connectivity index (χ3n) is 1.68. The van der Waals surface area contributed by atoms with Crippen LogP contribution in [-0.2, 0) is 19.6 Å². The van der Waals surface area contributed by atoms with Crippen molar-refractivity contribution in [2.45, 2.75) is 11.3 Å². The summed E-state index contributed by atoms with van der Waals surface area (Å²) in [6.07, 6.45) is 0. The number of nitrogens with one attached hydrogen (secondary N) is 1. The molecule has 1 rings (SSSR count). The Morgan fingerprint density at radius 2 is 2.25 bits per heavy atom. The first-order valence-corrected chi connectivity index (χ1v) is 4.85. The van der Waals surface area contributed by atoms with Gasteiger partial charge in [-0.25, -0.2) is 13.1 Å². The van der Waals surface area contributed by atoms with E-state index in [-0.39, 0.29) is 6.54 Å². The van der Waals surface area contributed by atoms with Gasteiger partial charge in [-0.15, -0.1) is 0 Å². The fraction of sp³-hybridized carbons (Fsp3) is 0.800. The minimum atomic E-state index is -3.60. The minimum Gasteiger partial charge on any atom is -0.468 e. The molecule has 0 aromatic heterocycles. The summed E-state index contributed by atoms with van der Waals surface area (Å²) in [6, 6.07) is -0.720. The molecule has 0 radical (unpaired) electrons. The van der Waals surface area contributed by atoms with Crippen molar-refractivity contribution in [1.82, 2.24) is 4.72 Å². The first kappa shape index (κ1) is 9.43. The second kappa shape index (κ2) is 3.00. The van der Waals surface area contributed by atoms with E-state index in [4.69, 9.17) is 5.73 Å². The van der Waals surface area contributed by atoms with Gasteiger partial charge in [0.1, 0.15) is 0 Å². The fourth-order valence-electron chi connectivity index (χ4n) is 1.06. The van der Waals surface area contributed by atoms with Crippen LogP contribution in [0.5, 0.6) is 0 Å². The van der Waals surface area contributed by atoms with Crippen molar-refractivity contribution in [3.8, 4) is 0 Å². The Labute approximate surface area is 70.1 Å². The second-order valence-electron chi connectivity index (χ2n) is 2.50. The predicted molar refractivity (Wildman–Crippen MR) is 40.7 cm³/mol. The SMILES string of the molecule is COC(=O)C1C(N)CNS1(=O)=O. The Kier molecular flexibility index (Phi) is 2.36. The second-order valence-corrected chi connectivity index (χ2v) is 4.39. The summed E-state index contributed by atoms with van der Waals surface area (Å²) < 4.78 is 28.6. The van der Waals surface area contributed by atoms with Gasteiger partial charge >= 0.3 is 5.97 Å². The third kappa shape index (κ3) is 1.43. The van der Waals surface area contributed by atoms with Gasteiger partial charge in [-0.2, -0.15) is 0 Å². The molecule has 7 heteroatoms. The molecule has 0 bridgehead atoms. The highest BCUT2D eigenvalue weighted by Gasteiger charge is 2.44. The lowest BCUT2D eigenvalue weighted by molar-refractivity contribution is -0.140. The molecule has 1 aliphatic rings.